The Morgan fingerprint density at radius 1 is 1.15 bits per heavy atom. The lowest BCUT2D eigenvalue weighted by molar-refractivity contribution is 0.102. The van der Waals surface area contributed by atoms with E-state index in [4.69, 9.17) is 16.0 Å². The number of carbonyl (C=O) groups excluding carboxylic acids is 1. The van der Waals surface area contributed by atoms with Gasteiger partial charge in [0.2, 0.25) is 0 Å². The molecule has 2 heterocycles. The number of fused-ring (bicyclic) bond motifs is 1. The molecule has 0 aliphatic heterocycles. The Morgan fingerprint density at radius 2 is 1.96 bits per heavy atom. The molecule has 2 aromatic heterocycles. The van der Waals surface area contributed by atoms with Crippen LogP contribution in [0.4, 0.5) is 14.8 Å². The molecule has 0 spiro atoms. The number of rotatable bonds is 3. The van der Waals surface area contributed by atoms with Crippen LogP contribution in [0.3, 0.4) is 0 Å². The van der Waals surface area contributed by atoms with Gasteiger partial charge in [-0.15, -0.1) is 16.4 Å². The highest BCUT2D eigenvalue weighted by molar-refractivity contribution is 7.21. The highest BCUT2D eigenvalue weighted by Crippen LogP contribution is 2.35. The summed E-state index contributed by atoms with van der Waals surface area (Å²) in [5.41, 5.74) is -0.0701. The standard InChI is InChI=1S/C17H8ClF2N3O2S/c18-13-10-3-1-2-4-12(10)26-14(13)15(24)21-17-23-22-16(25-17)9-6-5-8(19)7-11(9)20/h1-7H,(H,21,23,24). The molecule has 1 N–H and O–H groups in total. The van der Waals surface area contributed by atoms with Gasteiger partial charge in [0, 0.05) is 16.2 Å². The Balaban J connectivity index is 1.60. The molecule has 0 saturated carbocycles. The molecule has 4 aromatic rings. The number of aromatic nitrogens is 2. The van der Waals surface area contributed by atoms with Crippen molar-refractivity contribution >= 4 is 44.9 Å². The maximum absolute atomic E-state index is 13.8. The van der Waals surface area contributed by atoms with E-state index in [0.717, 1.165) is 16.2 Å². The van der Waals surface area contributed by atoms with Crippen molar-refractivity contribution in [1.82, 2.24) is 10.2 Å². The second kappa shape index (κ2) is 6.47. The van der Waals surface area contributed by atoms with Gasteiger partial charge < -0.3 is 4.42 Å². The summed E-state index contributed by atoms with van der Waals surface area (Å²) in [5, 5.41) is 10.8. The number of nitrogens with zero attached hydrogens (tertiary/aromatic N) is 2. The lowest BCUT2D eigenvalue weighted by atomic mass is 10.2. The molecule has 1 amide bonds. The second-order valence-corrected chi connectivity index (χ2v) is 6.66. The Kier molecular flexibility index (Phi) is 4.14. The average molecular weight is 392 g/mol. The summed E-state index contributed by atoms with van der Waals surface area (Å²) in [7, 11) is 0. The zero-order chi connectivity index (χ0) is 18.3. The highest BCUT2D eigenvalue weighted by atomic mass is 35.5. The number of thiophene rings is 1. The number of anilines is 1. The average Bonchev–Trinajstić information content (AvgIpc) is 3.20. The molecular weight excluding hydrogens is 384 g/mol. The van der Waals surface area contributed by atoms with Crippen LogP contribution in [-0.4, -0.2) is 16.1 Å². The van der Waals surface area contributed by atoms with Crippen LogP contribution in [0, 0.1) is 11.6 Å². The molecule has 4 rings (SSSR count). The van der Waals surface area contributed by atoms with Crippen molar-refractivity contribution in [2.24, 2.45) is 0 Å². The molecule has 9 heteroatoms. The van der Waals surface area contributed by atoms with Crippen LogP contribution in [0.25, 0.3) is 21.5 Å². The fraction of sp³-hybridized carbons (Fsp3) is 0. The first-order valence-corrected chi connectivity index (χ1v) is 8.49. The second-order valence-electron chi connectivity index (χ2n) is 5.23. The number of halogens is 3. The number of amides is 1. The van der Waals surface area contributed by atoms with Crippen molar-refractivity contribution < 1.29 is 18.0 Å². The molecule has 130 valence electrons. The van der Waals surface area contributed by atoms with Crippen molar-refractivity contribution in [3.63, 3.8) is 0 Å². The minimum Gasteiger partial charge on any atom is -0.403 e. The summed E-state index contributed by atoms with van der Waals surface area (Å²) in [4.78, 5) is 12.7. The summed E-state index contributed by atoms with van der Waals surface area (Å²) >= 11 is 7.48. The van der Waals surface area contributed by atoms with Crippen LogP contribution >= 0.6 is 22.9 Å². The normalized spacial score (nSPS) is 11.0. The van der Waals surface area contributed by atoms with Gasteiger partial charge >= 0.3 is 6.01 Å². The van der Waals surface area contributed by atoms with Gasteiger partial charge in [0.15, 0.2) is 0 Å². The van der Waals surface area contributed by atoms with Gasteiger partial charge in [-0.1, -0.05) is 34.9 Å². The molecule has 0 unspecified atom stereocenters. The van der Waals surface area contributed by atoms with Crippen LogP contribution < -0.4 is 5.32 Å². The minimum atomic E-state index is -0.848. The van der Waals surface area contributed by atoms with Gasteiger partial charge in [-0.2, -0.15) is 0 Å². The summed E-state index contributed by atoms with van der Waals surface area (Å²) in [6.07, 6.45) is 0. The largest absolute Gasteiger partial charge is 0.403 e. The number of hydrogen-bond donors (Lipinski definition) is 1. The topological polar surface area (TPSA) is 68.0 Å². The molecule has 0 bridgehead atoms. The van der Waals surface area contributed by atoms with Gasteiger partial charge in [0.05, 0.1) is 10.6 Å². The maximum atomic E-state index is 13.8. The Labute approximate surface area is 154 Å². The molecule has 5 nitrogen and oxygen atoms in total. The molecule has 0 aliphatic carbocycles. The fourth-order valence-electron chi connectivity index (χ4n) is 2.36. The van der Waals surface area contributed by atoms with Gasteiger partial charge in [-0.05, 0) is 18.2 Å². The third kappa shape index (κ3) is 2.93. The summed E-state index contributed by atoms with van der Waals surface area (Å²) < 4.78 is 32.9. The molecule has 0 saturated heterocycles. The number of carbonyl (C=O) groups is 1. The molecule has 0 atom stereocenters. The molecule has 0 radical (unpaired) electrons. The third-order valence-electron chi connectivity index (χ3n) is 3.55. The molecule has 0 fully saturated rings. The molecule has 0 aliphatic rings. The van der Waals surface area contributed by atoms with Crippen molar-refractivity contribution in [2.45, 2.75) is 0 Å². The Morgan fingerprint density at radius 3 is 2.73 bits per heavy atom. The lowest BCUT2D eigenvalue weighted by Crippen LogP contribution is -2.10. The van der Waals surface area contributed by atoms with E-state index >= 15 is 0 Å². The monoisotopic (exact) mass is 391 g/mol. The van der Waals surface area contributed by atoms with E-state index in [1.807, 2.05) is 24.3 Å². The zero-order valence-corrected chi connectivity index (χ0v) is 14.4. The third-order valence-corrected chi connectivity index (χ3v) is 5.22. The molecule has 2 aromatic carbocycles. The minimum absolute atomic E-state index is 0.0701. The molecular formula is C17H8ClF2N3O2S. The molecule has 26 heavy (non-hydrogen) atoms. The summed E-state index contributed by atoms with van der Waals surface area (Å²) in [6.45, 7) is 0. The van der Waals surface area contributed by atoms with Crippen molar-refractivity contribution in [2.75, 3.05) is 5.32 Å². The first-order valence-electron chi connectivity index (χ1n) is 7.30. The first-order chi connectivity index (χ1) is 12.5. The van der Waals surface area contributed by atoms with E-state index in [1.165, 1.54) is 17.4 Å². The lowest BCUT2D eigenvalue weighted by Gasteiger charge is -1.99. The number of hydrogen-bond acceptors (Lipinski definition) is 5. The first kappa shape index (κ1) is 16.6. The number of benzene rings is 2. The van der Waals surface area contributed by atoms with E-state index in [0.29, 0.717) is 16.0 Å². The quantitative estimate of drug-likeness (QED) is 0.525. The fourth-order valence-corrected chi connectivity index (χ4v) is 3.77. The van der Waals surface area contributed by atoms with Gasteiger partial charge in [0.1, 0.15) is 16.5 Å². The smallest absolute Gasteiger partial charge is 0.322 e. The van der Waals surface area contributed by atoms with Gasteiger partial charge in [-0.3, -0.25) is 10.1 Å². The Hall–Kier alpha value is -2.84. The summed E-state index contributed by atoms with van der Waals surface area (Å²) in [6, 6.07) is 10.1. The zero-order valence-electron chi connectivity index (χ0n) is 12.8. The number of nitrogens with one attached hydrogen (secondary N) is 1. The SMILES string of the molecule is O=C(Nc1nnc(-c2ccc(F)cc2F)o1)c1sc2ccccc2c1Cl. The van der Waals surface area contributed by atoms with Crippen molar-refractivity contribution in [3.05, 3.63) is 64.0 Å². The van der Waals surface area contributed by atoms with Crippen molar-refractivity contribution in [1.29, 1.82) is 0 Å². The van der Waals surface area contributed by atoms with Crippen LogP contribution in [0.1, 0.15) is 9.67 Å². The van der Waals surface area contributed by atoms with Gasteiger partial charge in [-0.25, -0.2) is 8.78 Å². The van der Waals surface area contributed by atoms with Crippen LogP contribution in [-0.2, 0) is 0 Å². The van der Waals surface area contributed by atoms with Crippen LogP contribution in [0.5, 0.6) is 0 Å². The van der Waals surface area contributed by atoms with E-state index in [2.05, 4.69) is 15.5 Å². The maximum Gasteiger partial charge on any atom is 0.322 e. The predicted molar refractivity (Wildman–Crippen MR) is 94.4 cm³/mol. The predicted octanol–water partition coefficient (Wildman–Crippen LogP) is 5.14. The highest BCUT2D eigenvalue weighted by Gasteiger charge is 2.20. The Bertz CT molecular complexity index is 1140. The van der Waals surface area contributed by atoms with E-state index in [-0.39, 0.29) is 17.5 Å². The van der Waals surface area contributed by atoms with Crippen LogP contribution in [0.15, 0.2) is 46.9 Å². The van der Waals surface area contributed by atoms with E-state index in [1.54, 1.807) is 0 Å². The van der Waals surface area contributed by atoms with E-state index in [9.17, 15) is 13.6 Å². The van der Waals surface area contributed by atoms with Gasteiger partial charge in [0.25, 0.3) is 11.8 Å². The van der Waals surface area contributed by atoms with E-state index < -0.39 is 17.5 Å². The van der Waals surface area contributed by atoms with Crippen LogP contribution in [0.2, 0.25) is 5.02 Å². The van der Waals surface area contributed by atoms with Crippen molar-refractivity contribution in [3.8, 4) is 11.5 Å². The summed E-state index contributed by atoms with van der Waals surface area (Å²) in [5.74, 6) is -2.27.